The Balaban J connectivity index is 2.45. The Kier molecular flexibility index (Phi) is 10.1. The zero-order chi connectivity index (χ0) is 28.9. The van der Waals surface area contributed by atoms with E-state index >= 15 is 0 Å². The lowest BCUT2D eigenvalue weighted by Crippen LogP contribution is -2.51. The van der Waals surface area contributed by atoms with Gasteiger partial charge in [-0.05, 0) is 30.6 Å². The van der Waals surface area contributed by atoms with Crippen molar-refractivity contribution in [2.45, 2.75) is 70.4 Å². The van der Waals surface area contributed by atoms with Crippen LogP contribution in [0.3, 0.4) is 0 Å². The van der Waals surface area contributed by atoms with Crippen LogP contribution in [0.1, 0.15) is 39.7 Å². The van der Waals surface area contributed by atoms with Crippen molar-refractivity contribution in [3.8, 4) is 0 Å². The molecule has 0 saturated carbocycles. The van der Waals surface area contributed by atoms with E-state index in [0.29, 0.717) is 5.56 Å². The summed E-state index contributed by atoms with van der Waals surface area (Å²) in [5.74, 6) is -1.86. The number of alkyl halides is 3. The number of amides is 1. The van der Waals surface area contributed by atoms with Crippen LogP contribution in [0.5, 0.6) is 0 Å². The van der Waals surface area contributed by atoms with E-state index in [1.54, 1.807) is 30.3 Å². The van der Waals surface area contributed by atoms with Crippen LogP contribution in [0.15, 0.2) is 41.7 Å². The Labute approximate surface area is 222 Å². The fourth-order valence-electron chi connectivity index (χ4n) is 3.18. The molecule has 0 saturated heterocycles. The van der Waals surface area contributed by atoms with E-state index in [2.05, 4.69) is 4.18 Å². The molecular weight excluding hydrogens is 547 g/mol. The van der Waals surface area contributed by atoms with Gasteiger partial charge in [-0.2, -0.15) is 21.6 Å². The van der Waals surface area contributed by atoms with Gasteiger partial charge < -0.3 is 18.1 Å². The van der Waals surface area contributed by atoms with Gasteiger partial charge in [-0.1, -0.05) is 51.1 Å². The topological polar surface area (TPSA) is 108 Å². The average molecular weight is 582 g/mol. The molecular formula is C24H34F3NO8SSi. The maximum atomic E-state index is 13.1. The average Bonchev–Trinajstić information content (AvgIpc) is 2.80. The summed E-state index contributed by atoms with van der Waals surface area (Å²) in [6.07, 6.45) is -1.41. The smallest absolute Gasteiger partial charge is 0.462 e. The highest BCUT2D eigenvalue weighted by Gasteiger charge is 2.50. The van der Waals surface area contributed by atoms with Crippen molar-refractivity contribution >= 4 is 30.5 Å². The molecule has 14 heteroatoms. The van der Waals surface area contributed by atoms with Gasteiger partial charge in [-0.15, -0.1) is 0 Å². The van der Waals surface area contributed by atoms with Crippen molar-refractivity contribution in [1.82, 2.24) is 4.90 Å². The zero-order valence-corrected chi connectivity index (χ0v) is 24.1. The second-order valence-electron chi connectivity index (χ2n) is 10.2. The molecule has 1 atom stereocenters. The lowest BCUT2D eigenvalue weighted by atomic mass is 10.0. The van der Waals surface area contributed by atoms with Crippen LogP contribution < -0.4 is 0 Å². The Hall–Kier alpha value is -2.58. The van der Waals surface area contributed by atoms with Crippen molar-refractivity contribution in [3.05, 3.63) is 47.2 Å². The lowest BCUT2D eigenvalue weighted by molar-refractivity contribution is -0.139. The SMILES string of the molecule is CCOC(=O)C1=C(OS(=O)(=O)C(F)(F)F)CC(CO[Si](C)(C)C(C)(C)C)N(C(=O)OCc2ccccc2)C1. The number of hydrogen-bond acceptors (Lipinski definition) is 8. The third-order valence-corrected chi connectivity index (χ3v) is 11.9. The fourth-order valence-corrected chi connectivity index (χ4v) is 4.75. The van der Waals surface area contributed by atoms with Gasteiger partial charge in [0.05, 0.1) is 31.4 Å². The van der Waals surface area contributed by atoms with Crippen molar-refractivity contribution in [3.63, 3.8) is 0 Å². The largest absolute Gasteiger partial charge is 0.534 e. The third-order valence-electron chi connectivity index (χ3n) is 6.42. The molecule has 1 heterocycles. The number of hydrogen-bond donors (Lipinski definition) is 0. The van der Waals surface area contributed by atoms with Gasteiger partial charge in [0.15, 0.2) is 8.32 Å². The first-order valence-corrected chi connectivity index (χ1v) is 16.2. The quantitative estimate of drug-likeness (QED) is 0.172. The number of nitrogens with zero attached hydrogens (tertiary/aromatic N) is 1. The maximum absolute atomic E-state index is 13.1. The molecule has 0 bridgehead atoms. The van der Waals surface area contributed by atoms with Crippen LogP contribution in [-0.4, -0.2) is 65.0 Å². The van der Waals surface area contributed by atoms with E-state index < -0.39 is 66.3 Å². The van der Waals surface area contributed by atoms with Gasteiger partial charge in [-0.25, -0.2) is 9.59 Å². The van der Waals surface area contributed by atoms with Gasteiger partial charge in [0, 0.05) is 6.42 Å². The molecule has 1 amide bonds. The minimum Gasteiger partial charge on any atom is -0.462 e. The molecule has 1 aliphatic heterocycles. The summed E-state index contributed by atoms with van der Waals surface area (Å²) in [5.41, 5.74) is -5.56. The number of esters is 1. The fraction of sp³-hybridized carbons (Fsp3) is 0.583. The Morgan fingerprint density at radius 2 is 1.68 bits per heavy atom. The predicted octanol–water partition coefficient (Wildman–Crippen LogP) is 5.10. The maximum Gasteiger partial charge on any atom is 0.534 e. The Morgan fingerprint density at radius 1 is 1.08 bits per heavy atom. The van der Waals surface area contributed by atoms with Crippen LogP contribution in [-0.2, 0) is 39.6 Å². The number of carbonyl (C=O) groups is 2. The number of halogens is 3. The van der Waals surface area contributed by atoms with Gasteiger partial charge in [0.25, 0.3) is 0 Å². The van der Waals surface area contributed by atoms with Crippen LogP contribution in [0.25, 0.3) is 0 Å². The minimum atomic E-state index is -6.09. The molecule has 1 aromatic rings. The molecule has 0 aliphatic carbocycles. The molecule has 9 nitrogen and oxygen atoms in total. The number of ether oxygens (including phenoxy) is 2. The molecule has 0 fully saturated rings. The summed E-state index contributed by atoms with van der Waals surface area (Å²) in [7, 11) is -8.49. The number of rotatable bonds is 9. The zero-order valence-electron chi connectivity index (χ0n) is 22.3. The monoisotopic (exact) mass is 581 g/mol. The molecule has 1 aliphatic rings. The molecule has 1 aromatic carbocycles. The first-order valence-electron chi connectivity index (χ1n) is 11.9. The highest BCUT2D eigenvalue weighted by molar-refractivity contribution is 7.87. The van der Waals surface area contributed by atoms with Crippen LogP contribution >= 0.6 is 0 Å². The molecule has 0 N–H and O–H groups in total. The summed E-state index contributed by atoms with van der Waals surface area (Å²) in [4.78, 5) is 26.9. The summed E-state index contributed by atoms with van der Waals surface area (Å²) in [6.45, 7) is 10.3. The molecule has 214 valence electrons. The summed E-state index contributed by atoms with van der Waals surface area (Å²) < 4.78 is 83.9. The van der Waals surface area contributed by atoms with Crippen LogP contribution in [0.4, 0.5) is 18.0 Å². The number of carbonyl (C=O) groups excluding carboxylic acids is 2. The molecule has 0 aromatic heterocycles. The standard InChI is InChI=1S/C24H34F3NO8SSi/c1-7-33-21(29)19-14-28(22(30)34-15-17-11-9-8-10-12-17)18(16-35-38(5,6)23(2,3)4)13-20(19)36-37(31,32)24(25,26)27/h8-12,18H,7,13-16H2,1-6H3. The normalized spacial score (nSPS) is 17.3. The van der Waals surface area contributed by atoms with Gasteiger partial charge in [0.2, 0.25) is 0 Å². The van der Waals surface area contributed by atoms with Gasteiger partial charge in [-0.3, -0.25) is 4.90 Å². The van der Waals surface area contributed by atoms with E-state index in [1.807, 2.05) is 33.9 Å². The third kappa shape index (κ3) is 7.96. The highest BCUT2D eigenvalue weighted by Crippen LogP contribution is 2.38. The van der Waals surface area contributed by atoms with E-state index in [-0.39, 0.29) is 24.9 Å². The molecule has 0 spiro atoms. The molecule has 38 heavy (non-hydrogen) atoms. The van der Waals surface area contributed by atoms with Gasteiger partial charge in [0.1, 0.15) is 12.4 Å². The lowest BCUT2D eigenvalue weighted by Gasteiger charge is -2.40. The second-order valence-corrected chi connectivity index (χ2v) is 16.5. The highest BCUT2D eigenvalue weighted by atomic mass is 32.2. The van der Waals surface area contributed by atoms with E-state index in [1.165, 1.54) is 6.92 Å². The minimum absolute atomic E-state index is 0.101. The van der Waals surface area contributed by atoms with E-state index in [4.69, 9.17) is 13.9 Å². The van der Waals surface area contributed by atoms with Crippen molar-refractivity contribution in [2.75, 3.05) is 19.8 Å². The first kappa shape index (κ1) is 31.6. The Bertz CT molecular complexity index is 1130. The number of benzene rings is 1. The summed E-state index contributed by atoms with van der Waals surface area (Å²) >= 11 is 0. The molecule has 0 radical (unpaired) electrons. The van der Waals surface area contributed by atoms with Crippen molar-refractivity contribution in [1.29, 1.82) is 0 Å². The van der Waals surface area contributed by atoms with E-state index in [0.717, 1.165) is 4.90 Å². The first-order chi connectivity index (χ1) is 17.4. The molecule has 1 unspecified atom stereocenters. The predicted molar refractivity (Wildman–Crippen MR) is 135 cm³/mol. The Morgan fingerprint density at radius 3 is 2.21 bits per heavy atom. The second kappa shape index (κ2) is 12.1. The van der Waals surface area contributed by atoms with Crippen LogP contribution in [0, 0.1) is 0 Å². The van der Waals surface area contributed by atoms with Crippen molar-refractivity contribution < 1.29 is 49.3 Å². The van der Waals surface area contributed by atoms with Crippen molar-refractivity contribution in [2.24, 2.45) is 0 Å². The summed E-state index contributed by atoms with van der Waals surface area (Å²) in [6, 6.07) is 7.79. The molecule has 2 rings (SSSR count). The summed E-state index contributed by atoms with van der Waals surface area (Å²) in [5, 5.41) is -0.231. The van der Waals surface area contributed by atoms with Gasteiger partial charge >= 0.3 is 27.7 Å². The van der Waals surface area contributed by atoms with Crippen LogP contribution in [0.2, 0.25) is 18.1 Å². The van der Waals surface area contributed by atoms with E-state index in [9.17, 15) is 31.2 Å².